The normalized spacial score (nSPS) is 13.5. The number of imide groups is 1. The molecule has 3 aromatic carbocycles. The van der Waals surface area contributed by atoms with E-state index in [1.54, 1.807) is 7.11 Å². The number of hydrogen-bond donors (Lipinski definition) is 2. The average molecular weight is 498 g/mol. The summed E-state index contributed by atoms with van der Waals surface area (Å²) in [6, 6.07) is 18.8. The Labute approximate surface area is 211 Å². The molecule has 5 rings (SSSR count). The van der Waals surface area contributed by atoms with Crippen LogP contribution in [0.5, 0.6) is 5.75 Å². The number of amides is 3. The van der Waals surface area contributed by atoms with E-state index in [1.807, 2.05) is 54.7 Å². The lowest BCUT2D eigenvalue weighted by molar-refractivity contribution is -0.384. The lowest BCUT2D eigenvalue weighted by atomic mass is 9.90. The van der Waals surface area contributed by atoms with Crippen molar-refractivity contribution in [2.24, 2.45) is 0 Å². The molecule has 2 heterocycles. The van der Waals surface area contributed by atoms with Gasteiger partial charge in [0.1, 0.15) is 12.3 Å². The topological polar surface area (TPSA) is 135 Å². The summed E-state index contributed by atoms with van der Waals surface area (Å²) in [6.45, 7) is -0.287. The Morgan fingerprint density at radius 1 is 1.05 bits per heavy atom. The number of methoxy groups -OCH3 is 1. The maximum Gasteiger partial charge on any atom is 0.270 e. The predicted molar refractivity (Wildman–Crippen MR) is 135 cm³/mol. The van der Waals surface area contributed by atoms with Gasteiger partial charge in [-0.05, 0) is 35.4 Å². The van der Waals surface area contributed by atoms with Crippen molar-refractivity contribution in [3.05, 3.63) is 105 Å². The van der Waals surface area contributed by atoms with Gasteiger partial charge in [0.05, 0.1) is 23.2 Å². The number of non-ortho nitro benzene ring substituents is 1. The molecule has 1 unspecified atom stereocenters. The van der Waals surface area contributed by atoms with Gasteiger partial charge < -0.3 is 15.0 Å². The average Bonchev–Trinajstić information content (AvgIpc) is 3.44. The van der Waals surface area contributed by atoms with Crippen LogP contribution in [0, 0.1) is 10.1 Å². The number of ether oxygens (including phenoxy) is 1. The maximum atomic E-state index is 12.9. The SMILES string of the molecule is COc1ccc(C(CNC(=O)CN2C(=O)c3ccc([N+](=O)[O-])cc3C2=O)c2c[nH]c3ccccc23)cc1. The van der Waals surface area contributed by atoms with Crippen molar-refractivity contribution in [2.45, 2.75) is 5.92 Å². The van der Waals surface area contributed by atoms with Crippen LogP contribution < -0.4 is 10.1 Å². The Morgan fingerprint density at radius 2 is 1.78 bits per heavy atom. The van der Waals surface area contributed by atoms with Crippen LogP contribution in [0.25, 0.3) is 10.9 Å². The summed E-state index contributed by atoms with van der Waals surface area (Å²) < 4.78 is 5.27. The second-order valence-electron chi connectivity index (χ2n) is 8.60. The molecular formula is C27H22N4O6. The molecule has 0 fully saturated rings. The number of fused-ring (bicyclic) bond motifs is 2. The number of nitro benzene ring substituents is 1. The third-order valence-corrected chi connectivity index (χ3v) is 6.48. The van der Waals surface area contributed by atoms with Crippen LogP contribution in [0.3, 0.4) is 0 Å². The van der Waals surface area contributed by atoms with E-state index >= 15 is 0 Å². The van der Waals surface area contributed by atoms with Crippen molar-refractivity contribution in [3.8, 4) is 5.75 Å². The summed E-state index contributed by atoms with van der Waals surface area (Å²) in [4.78, 5) is 52.8. The number of aromatic nitrogens is 1. The number of rotatable bonds is 8. The summed E-state index contributed by atoms with van der Waals surface area (Å²) >= 11 is 0. The molecule has 0 aliphatic carbocycles. The molecule has 0 radical (unpaired) electrons. The van der Waals surface area contributed by atoms with E-state index in [0.717, 1.165) is 39.1 Å². The molecule has 1 atom stereocenters. The van der Waals surface area contributed by atoms with Crippen LogP contribution in [0.1, 0.15) is 37.8 Å². The monoisotopic (exact) mass is 498 g/mol. The van der Waals surface area contributed by atoms with Crippen molar-refractivity contribution in [1.82, 2.24) is 15.2 Å². The van der Waals surface area contributed by atoms with Gasteiger partial charge in [0, 0.05) is 41.7 Å². The molecule has 10 heteroatoms. The number of H-pyrrole nitrogens is 1. The highest BCUT2D eigenvalue weighted by Gasteiger charge is 2.38. The second kappa shape index (κ2) is 9.57. The van der Waals surface area contributed by atoms with Crippen LogP contribution in [-0.2, 0) is 4.79 Å². The van der Waals surface area contributed by atoms with E-state index in [1.165, 1.54) is 6.07 Å². The molecule has 0 spiro atoms. The van der Waals surface area contributed by atoms with Crippen LogP contribution in [-0.4, -0.2) is 52.7 Å². The molecule has 2 N–H and O–H groups in total. The van der Waals surface area contributed by atoms with Crippen molar-refractivity contribution in [3.63, 3.8) is 0 Å². The summed E-state index contributed by atoms with van der Waals surface area (Å²) in [6.07, 6.45) is 1.91. The first-order valence-electron chi connectivity index (χ1n) is 11.5. The van der Waals surface area contributed by atoms with E-state index in [0.29, 0.717) is 5.75 Å². The van der Waals surface area contributed by atoms with Crippen molar-refractivity contribution in [1.29, 1.82) is 0 Å². The number of aromatic amines is 1. The molecule has 4 aromatic rings. The second-order valence-corrected chi connectivity index (χ2v) is 8.60. The molecule has 10 nitrogen and oxygen atoms in total. The van der Waals surface area contributed by atoms with Gasteiger partial charge in [-0.2, -0.15) is 0 Å². The fourth-order valence-corrected chi connectivity index (χ4v) is 4.58. The number of nitro groups is 1. The molecule has 3 amide bonds. The Hall–Kier alpha value is -4.99. The zero-order valence-electron chi connectivity index (χ0n) is 19.8. The molecule has 37 heavy (non-hydrogen) atoms. The Kier molecular flexibility index (Phi) is 6.14. The van der Waals surface area contributed by atoms with Gasteiger partial charge >= 0.3 is 0 Å². The fraction of sp³-hybridized carbons (Fsp3) is 0.148. The third kappa shape index (κ3) is 4.40. The largest absolute Gasteiger partial charge is 0.497 e. The molecular weight excluding hydrogens is 476 g/mol. The minimum Gasteiger partial charge on any atom is -0.497 e. The molecule has 0 saturated carbocycles. The lowest BCUT2D eigenvalue weighted by Crippen LogP contribution is -2.41. The number of para-hydroxylation sites is 1. The summed E-state index contributed by atoms with van der Waals surface area (Å²) in [7, 11) is 1.59. The van der Waals surface area contributed by atoms with Gasteiger partial charge in [0.2, 0.25) is 5.91 Å². The molecule has 186 valence electrons. The highest BCUT2D eigenvalue weighted by atomic mass is 16.6. The van der Waals surface area contributed by atoms with Crippen LogP contribution in [0.4, 0.5) is 5.69 Å². The number of benzene rings is 3. The molecule has 1 aliphatic heterocycles. The Bertz CT molecular complexity index is 1540. The zero-order valence-corrected chi connectivity index (χ0v) is 19.8. The number of hydrogen-bond acceptors (Lipinski definition) is 6. The first-order valence-corrected chi connectivity index (χ1v) is 11.5. The van der Waals surface area contributed by atoms with Gasteiger partial charge in [-0.25, -0.2) is 0 Å². The quantitative estimate of drug-likeness (QED) is 0.216. The molecule has 1 aliphatic rings. The minimum absolute atomic E-state index is 0.0401. The Morgan fingerprint density at radius 3 is 2.51 bits per heavy atom. The number of nitrogens with one attached hydrogen (secondary N) is 2. The standard InChI is InChI=1S/C27H22N4O6/c1-37-18-9-6-16(7-10-18)22(23-14-28-24-5-3-2-4-19(23)24)13-29-25(32)15-30-26(33)20-11-8-17(31(35)36)12-21(20)27(30)34/h2-12,14,22,28H,13,15H2,1H3,(H,29,32). The van der Waals surface area contributed by atoms with Crippen molar-refractivity contribution >= 4 is 34.3 Å². The Balaban J connectivity index is 1.35. The number of carbonyl (C=O) groups excluding carboxylic acids is 3. The van der Waals surface area contributed by atoms with Gasteiger partial charge in [-0.1, -0.05) is 30.3 Å². The van der Waals surface area contributed by atoms with Gasteiger partial charge in [-0.15, -0.1) is 0 Å². The summed E-state index contributed by atoms with van der Waals surface area (Å²) in [5.74, 6) is -1.44. The van der Waals surface area contributed by atoms with E-state index in [9.17, 15) is 24.5 Å². The number of carbonyl (C=O) groups is 3. The fourth-order valence-electron chi connectivity index (χ4n) is 4.58. The lowest BCUT2D eigenvalue weighted by Gasteiger charge is -2.20. The first-order chi connectivity index (χ1) is 17.9. The third-order valence-electron chi connectivity index (χ3n) is 6.48. The van der Waals surface area contributed by atoms with Crippen molar-refractivity contribution < 1.29 is 24.0 Å². The summed E-state index contributed by atoms with van der Waals surface area (Å²) in [5, 5.41) is 14.9. The van der Waals surface area contributed by atoms with Crippen molar-refractivity contribution in [2.75, 3.05) is 20.2 Å². The van der Waals surface area contributed by atoms with Gasteiger partial charge in [-0.3, -0.25) is 29.4 Å². The molecule has 0 bridgehead atoms. The number of nitrogens with zero attached hydrogens (tertiary/aromatic N) is 2. The smallest absolute Gasteiger partial charge is 0.270 e. The minimum atomic E-state index is -0.734. The summed E-state index contributed by atoms with van der Waals surface area (Å²) in [5.41, 5.74) is 2.54. The first kappa shape index (κ1) is 23.7. The van der Waals surface area contributed by atoms with E-state index < -0.39 is 29.2 Å². The predicted octanol–water partition coefficient (Wildman–Crippen LogP) is 3.63. The van der Waals surface area contributed by atoms with E-state index in [2.05, 4.69) is 10.3 Å². The van der Waals surface area contributed by atoms with Crippen LogP contribution in [0.15, 0.2) is 72.9 Å². The highest BCUT2D eigenvalue weighted by Crippen LogP contribution is 2.32. The van der Waals surface area contributed by atoms with Gasteiger partial charge in [0.15, 0.2) is 0 Å². The molecule has 0 saturated heterocycles. The van der Waals surface area contributed by atoms with Gasteiger partial charge in [0.25, 0.3) is 17.5 Å². The van der Waals surface area contributed by atoms with Crippen LogP contribution >= 0.6 is 0 Å². The zero-order chi connectivity index (χ0) is 26.1. The highest BCUT2D eigenvalue weighted by molar-refractivity contribution is 6.22. The molecule has 1 aromatic heterocycles. The van der Waals surface area contributed by atoms with Crippen LogP contribution in [0.2, 0.25) is 0 Å². The maximum absolute atomic E-state index is 12.9. The van der Waals surface area contributed by atoms with E-state index in [-0.39, 0.29) is 29.3 Å². The van der Waals surface area contributed by atoms with E-state index in [4.69, 9.17) is 4.74 Å².